The number of rotatable bonds is 2. The van der Waals surface area contributed by atoms with Crippen LogP contribution in [0.4, 0.5) is 10.1 Å². The SMILES string of the molecule is CCOC(=O)c1c(C)[nH]c2c1CC/C2=C1/C(=O)Nc2ccc(F)cc21. The summed E-state index contributed by atoms with van der Waals surface area (Å²) in [4.78, 5) is 27.9. The van der Waals surface area contributed by atoms with E-state index in [1.165, 1.54) is 12.1 Å². The van der Waals surface area contributed by atoms with Gasteiger partial charge in [-0.1, -0.05) is 0 Å². The monoisotopic (exact) mass is 340 g/mol. The second-order valence-corrected chi connectivity index (χ2v) is 6.20. The molecule has 0 atom stereocenters. The number of benzene rings is 1. The van der Waals surface area contributed by atoms with Gasteiger partial charge < -0.3 is 15.0 Å². The lowest BCUT2D eigenvalue weighted by Gasteiger charge is -2.04. The molecule has 1 aliphatic heterocycles. The fraction of sp³-hybridized carbons (Fsp3) is 0.263. The van der Waals surface area contributed by atoms with Crippen molar-refractivity contribution >= 4 is 28.7 Å². The van der Waals surface area contributed by atoms with Crippen molar-refractivity contribution < 1.29 is 18.7 Å². The number of nitrogens with one attached hydrogen (secondary N) is 2. The number of esters is 1. The Bertz CT molecular complexity index is 956. The molecule has 1 amide bonds. The highest BCUT2D eigenvalue weighted by Crippen LogP contribution is 2.44. The van der Waals surface area contributed by atoms with Gasteiger partial charge >= 0.3 is 5.97 Å². The van der Waals surface area contributed by atoms with E-state index in [4.69, 9.17) is 4.74 Å². The zero-order valence-corrected chi connectivity index (χ0v) is 14.0. The minimum atomic E-state index is -0.388. The van der Waals surface area contributed by atoms with Crippen molar-refractivity contribution in [2.45, 2.75) is 26.7 Å². The smallest absolute Gasteiger partial charge is 0.340 e. The molecule has 1 aromatic heterocycles. The zero-order valence-electron chi connectivity index (χ0n) is 14.0. The molecule has 6 heteroatoms. The summed E-state index contributed by atoms with van der Waals surface area (Å²) in [6.07, 6.45) is 1.26. The number of anilines is 1. The number of hydrogen-bond acceptors (Lipinski definition) is 3. The molecule has 5 nitrogen and oxygen atoms in total. The highest BCUT2D eigenvalue weighted by Gasteiger charge is 2.34. The van der Waals surface area contributed by atoms with Crippen LogP contribution in [0.1, 0.15) is 46.2 Å². The summed E-state index contributed by atoms with van der Waals surface area (Å²) in [6.45, 7) is 3.89. The highest BCUT2D eigenvalue weighted by atomic mass is 19.1. The normalized spacial score (nSPS) is 18.1. The second-order valence-electron chi connectivity index (χ2n) is 6.20. The fourth-order valence-corrected chi connectivity index (χ4v) is 3.73. The Kier molecular flexibility index (Phi) is 3.49. The molecule has 0 bridgehead atoms. The van der Waals surface area contributed by atoms with Crippen LogP contribution in [0.3, 0.4) is 0 Å². The van der Waals surface area contributed by atoms with Crippen LogP contribution in [0.2, 0.25) is 0 Å². The molecule has 2 aliphatic rings. The van der Waals surface area contributed by atoms with E-state index in [-0.39, 0.29) is 17.7 Å². The molecule has 25 heavy (non-hydrogen) atoms. The van der Waals surface area contributed by atoms with Gasteiger partial charge in [-0.2, -0.15) is 0 Å². The summed E-state index contributed by atoms with van der Waals surface area (Å²) in [5.74, 6) is -0.985. The van der Waals surface area contributed by atoms with Crippen molar-refractivity contribution in [1.29, 1.82) is 0 Å². The number of aromatic nitrogens is 1. The third-order valence-electron chi connectivity index (χ3n) is 4.73. The molecular weight excluding hydrogens is 323 g/mol. The van der Waals surface area contributed by atoms with Gasteiger partial charge in [0.15, 0.2) is 0 Å². The third kappa shape index (κ3) is 2.28. The zero-order chi connectivity index (χ0) is 17.7. The Morgan fingerprint density at radius 3 is 2.88 bits per heavy atom. The standard InChI is InChI=1S/C19H17FN2O3/c1-3-25-19(24)15-9(2)21-17-11(15)5-6-12(17)16-13-8-10(20)4-7-14(13)22-18(16)23/h4,7-8,21H,3,5-6H2,1-2H3,(H,22,23)/b16-12-. The Labute approximate surface area is 143 Å². The quantitative estimate of drug-likeness (QED) is 0.650. The summed E-state index contributed by atoms with van der Waals surface area (Å²) >= 11 is 0. The van der Waals surface area contributed by atoms with Gasteiger partial charge in [-0.3, -0.25) is 4.79 Å². The molecule has 1 aromatic carbocycles. The maximum Gasteiger partial charge on any atom is 0.340 e. The number of carbonyl (C=O) groups excluding carboxylic acids is 2. The summed E-state index contributed by atoms with van der Waals surface area (Å²) in [5, 5.41) is 2.78. The summed E-state index contributed by atoms with van der Waals surface area (Å²) in [6, 6.07) is 4.26. The first-order chi connectivity index (χ1) is 12.0. The second kappa shape index (κ2) is 5.58. The molecule has 0 spiro atoms. The molecule has 0 fully saturated rings. The lowest BCUT2D eigenvalue weighted by atomic mass is 9.99. The average Bonchev–Trinajstić information content (AvgIpc) is 3.18. The predicted molar refractivity (Wildman–Crippen MR) is 91.7 cm³/mol. The third-order valence-corrected chi connectivity index (χ3v) is 4.73. The Hall–Kier alpha value is -2.89. The number of aromatic amines is 1. The van der Waals surface area contributed by atoms with Crippen LogP contribution in [-0.2, 0) is 16.0 Å². The van der Waals surface area contributed by atoms with Gasteiger partial charge in [-0.25, -0.2) is 9.18 Å². The van der Waals surface area contributed by atoms with Crippen LogP contribution in [-0.4, -0.2) is 23.5 Å². The van der Waals surface area contributed by atoms with Gasteiger partial charge in [0.2, 0.25) is 0 Å². The lowest BCUT2D eigenvalue weighted by Crippen LogP contribution is -2.07. The van der Waals surface area contributed by atoms with Crippen molar-refractivity contribution in [3.05, 3.63) is 52.1 Å². The predicted octanol–water partition coefficient (Wildman–Crippen LogP) is 3.45. The Balaban J connectivity index is 1.88. The molecule has 2 heterocycles. The number of fused-ring (bicyclic) bond motifs is 2. The molecule has 0 radical (unpaired) electrons. The van der Waals surface area contributed by atoms with Crippen LogP contribution in [0.25, 0.3) is 11.1 Å². The number of halogens is 1. The average molecular weight is 340 g/mol. The number of carbonyl (C=O) groups is 2. The van der Waals surface area contributed by atoms with Gasteiger partial charge in [0, 0.05) is 22.6 Å². The van der Waals surface area contributed by atoms with E-state index in [9.17, 15) is 14.0 Å². The molecule has 0 unspecified atom stereocenters. The van der Waals surface area contributed by atoms with Crippen molar-refractivity contribution in [3.8, 4) is 0 Å². The minimum absolute atomic E-state index is 0.242. The number of H-pyrrole nitrogens is 1. The minimum Gasteiger partial charge on any atom is -0.462 e. The van der Waals surface area contributed by atoms with Crippen LogP contribution in [0.5, 0.6) is 0 Å². The number of ether oxygens (including phenoxy) is 1. The molecule has 2 N–H and O–H groups in total. The molecule has 0 saturated carbocycles. The first kappa shape index (κ1) is 15.6. The van der Waals surface area contributed by atoms with E-state index in [1.807, 2.05) is 6.92 Å². The Morgan fingerprint density at radius 1 is 1.32 bits per heavy atom. The van der Waals surface area contributed by atoms with Gasteiger partial charge in [0.1, 0.15) is 5.82 Å². The maximum atomic E-state index is 13.7. The highest BCUT2D eigenvalue weighted by molar-refractivity contribution is 6.37. The van der Waals surface area contributed by atoms with E-state index in [0.717, 1.165) is 22.5 Å². The Morgan fingerprint density at radius 2 is 2.12 bits per heavy atom. The summed E-state index contributed by atoms with van der Waals surface area (Å²) < 4.78 is 18.8. The summed E-state index contributed by atoms with van der Waals surface area (Å²) in [5.41, 5.74) is 5.39. The fourth-order valence-electron chi connectivity index (χ4n) is 3.73. The molecule has 0 saturated heterocycles. The molecular formula is C19H17FN2O3. The summed E-state index contributed by atoms with van der Waals surface area (Å²) in [7, 11) is 0. The number of amides is 1. The van der Waals surface area contributed by atoms with E-state index in [0.29, 0.717) is 41.8 Å². The van der Waals surface area contributed by atoms with E-state index in [2.05, 4.69) is 10.3 Å². The topological polar surface area (TPSA) is 71.2 Å². The van der Waals surface area contributed by atoms with Crippen LogP contribution in [0, 0.1) is 12.7 Å². The van der Waals surface area contributed by atoms with E-state index in [1.54, 1.807) is 13.0 Å². The molecule has 4 rings (SSSR count). The largest absolute Gasteiger partial charge is 0.462 e. The molecule has 128 valence electrons. The van der Waals surface area contributed by atoms with Crippen molar-refractivity contribution in [2.24, 2.45) is 0 Å². The van der Waals surface area contributed by atoms with Gasteiger partial charge in [0.05, 0.1) is 17.7 Å². The van der Waals surface area contributed by atoms with Gasteiger partial charge in [-0.05, 0) is 56.0 Å². The molecule has 1 aliphatic carbocycles. The van der Waals surface area contributed by atoms with E-state index < -0.39 is 0 Å². The van der Waals surface area contributed by atoms with Crippen molar-refractivity contribution in [1.82, 2.24) is 4.98 Å². The van der Waals surface area contributed by atoms with Crippen molar-refractivity contribution in [2.75, 3.05) is 11.9 Å². The van der Waals surface area contributed by atoms with Gasteiger partial charge in [-0.15, -0.1) is 0 Å². The van der Waals surface area contributed by atoms with Crippen LogP contribution in [0.15, 0.2) is 18.2 Å². The number of allylic oxidation sites excluding steroid dienone is 1. The first-order valence-electron chi connectivity index (χ1n) is 8.24. The van der Waals surface area contributed by atoms with Crippen LogP contribution < -0.4 is 5.32 Å². The van der Waals surface area contributed by atoms with Crippen LogP contribution >= 0.6 is 0 Å². The molecule has 2 aromatic rings. The number of aryl methyl sites for hydroxylation is 1. The first-order valence-corrected chi connectivity index (χ1v) is 8.24. The lowest BCUT2D eigenvalue weighted by molar-refractivity contribution is -0.110. The number of hydrogen-bond donors (Lipinski definition) is 2. The van der Waals surface area contributed by atoms with Gasteiger partial charge in [0.25, 0.3) is 5.91 Å². The van der Waals surface area contributed by atoms with E-state index >= 15 is 0 Å². The maximum absolute atomic E-state index is 13.7. The van der Waals surface area contributed by atoms with Crippen molar-refractivity contribution in [3.63, 3.8) is 0 Å².